The maximum atomic E-state index is 12.5. The lowest BCUT2D eigenvalue weighted by atomic mass is 9.97. The number of aromatic nitrogens is 1. The van der Waals surface area contributed by atoms with Crippen LogP contribution in [0.1, 0.15) is 51.0 Å². The van der Waals surface area contributed by atoms with Gasteiger partial charge in [0.2, 0.25) is 0 Å². The SMILES string of the molecule is CC(C)(C)OC(=O)N1C[C@@H]2C[C@@](C)(NC(=O)c3ncccc3Cl)C[C@@H]2C1. The molecule has 0 spiro atoms. The molecule has 26 heavy (non-hydrogen) atoms. The monoisotopic (exact) mass is 379 g/mol. The average molecular weight is 380 g/mol. The zero-order valence-electron chi connectivity index (χ0n) is 15.7. The Bertz CT molecular complexity index is 702. The maximum absolute atomic E-state index is 12.5. The Morgan fingerprint density at radius 3 is 2.46 bits per heavy atom. The molecular weight excluding hydrogens is 354 g/mol. The van der Waals surface area contributed by atoms with Gasteiger partial charge in [-0.2, -0.15) is 0 Å². The first-order valence-corrected chi connectivity index (χ1v) is 9.35. The van der Waals surface area contributed by atoms with Gasteiger partial charge in [-0.3, -0.25) is 4.79 Å². The molecule has 3 rings (SSSR count). The van der Waals surface area contributed by atoms with Gasteiger partial charge in [-0.1, -0.05) is 11.6 Å². The lowest BCUT2D eigenvalue weighted by Gasteiger charge is -2.29. The second-order valence-corrected chi connectivity index (χ2v) is 9.07. The molecule has 1 aliphatic carbocycles. The van der Waals surface area contributed by atoms with Gasteiger partial charge in [-0.15, -0.1) is 0 Å². The van der Waals surface area contributed by atoms with Crippen LogP contribution in [0.5, 0.6) is 0 Å². The van der Waals surface area contributed by atoms with Crippen molar-refractivity contribution in [3.63, 3.8) is 0 Å². The number of ether oxygens (including phenoxy) is 1. The van der Waals surface area contributed by atoms with Gasteiger partial charge in [-0.05, 0) is 64.5 Å². The molecule has 2 aliphatic rings. The van der Waals surface area contributed by atoms with Crippen LogP contribution in [0.15, 0.2) is 18.3 Å². The molecule has 0 bridgehead atoms. The van der Waals surface area contributed by atoms with Crippen molar-refractivity contribution < 1.29 is 14.3 Å². The number of nitrogens with one attached hydrogen (secondary N) is 1. The van der Waals surface area contributed by atoms with Gasteiger partial charge in [0, 0.05) is 24.8 Å². The van der Waals surface area contributed by atoms with E-state index in [2.05, 4.69) is 17.2 Å². The van der Waals surface area contributed by atoms with Crippen LogP contribution in [-0.4, -0.2) is 46.1 Å². The van der Waals surface area contributed by atoms with Crippen LogP contribution in [0.25, 0.3) is 0 Å². The number of pyridine rings is 1. The molecule has 3 atom stereocenters. The number of likely N-dealkylation sites (tertiary alicyclic amines) is 1. The second-order valence-electron chi connectivity index (χ2n) is 8.66. The lowest BCUT2D eigenvalue weighted by Crippen LogP contribution is -2.46. The molecule has 1 saturated carbocycles. The largest absolute Gasteiger partial charge is 0.444 e. The van der Waals surface area contributed by atoms with E-state index in [4.69, 9.17) is 16.3 Å². The van der Waals surface area contributed by atoms with E-state index >= 15 is 0 Å². The highest BCUT2D eigenvalue weighted by molar-refractivity contribution is 6.33. The Balaban J connectivity index is 1.59. The summed E-state index contributed by atoms with van der Waals surface area (Å²) in [6, 6.07) is 3.36. The van der Waals surface area contributed by atoms with E-state index in [1.54, 1.807) is 23.2 Å². The zero-order valence-corrected chi connectivity index (χ0v) is 16.5. The van der Waals surface area contributed by atoms with Gasteiger partial charge in [-0.25, -0.2) is 9.78 Å². The molecule has 0 radical (unpaired) electrons. The van der Waals surface area contributed by atoms with E-state index < -0.39 is 5.60 Å². The molecule has 2 fully saturated rings. The number of hydrogen-bond donors (Lipinski definition) is 1. The van der Waals surface area contributed by atoms with Crippen molar-refractivity contribution in [3.8, 4) is 0 Å². The first-order chi connectivity index (χ1) is 12.1. The summed E-state index contributed by atoms with van der Waals surface area (Å²) in [4.78, 5) is 30.7. The second kappa shape index (κ2) is 6.72. The van der Waals surface area contributed by atoms with E-state index in [9.17, 15) is 9.59 Å². The third-order valence-corrected chi connectivity index (χ3v) is 5.35. The van der Waals surface area contributed by atoms with E-state index in [-0.39, 0.29) is 23.2 Å². The topological polar surface area (TPSA) is 71.5 Å². The highest BCUT2D eigenvalue weighted by Crippen LogP contribution is 2.44. The van der Waals surface area contributed by atoms with Crippen molar-refractivity contribution in [1.29, 1.82) is 0 Å². The van der Waals surface area contributed by atoms with Crippen LogP contribution in [0.4, 0.5) is 4.79 Å². The minimum atomic E-state index is -0.487. The number of amides is 2. The molecule has 2 amide bonds. The lowest BCUT2D eigenvalue weighted by molar-refractivity contribution is 0.0274. The normalized spacial score (nSPS) is 28.0. The molecule has 1 aromatic rings. The first kappa shape index (κ1) is 19.0. The van der Waals surface area contributed by atoms with Crippen LogP contribution in [0.2, 0.25) is 5.02 Å². The van der Waals surface area contributed by atoms with Gasteiger partial charge in [0.15, 0.2) is 0 Å². The molecule has 2 heterocycles. The van der Waals surface area contributed by atoms with Crippen molar-refractivity contribution in [3.05, 3.63) is 29.0 Å². The van der Waals surface area contributed by atoms with E-state index in [1.165, 1.54) is 0 Å². The van der Waals surface area contributed by atoms with Crippen molar-refractivity contribution in [2.75, 3.05) is 13.1 Å². The predicted molar refractivity (Wildman–Crippen MR) is 99.1 cm³/mol. The predicted octanol–water partition coefficient (Wildman–Crippen LogP) is 3.50. The molecule has 0 aromatic carbocycles. The number of hydrogen-bond acceptors (Lipinski definition) is 4. The summed E-state index contributed by atoms with van der Waals surface area (Å²) in [5, 5.41) is 3.45. The quantitative estimate of drug-likeness (QED) is 0.853. The summed E-state index contributed by atoms with van der Waals surface area (Å²) in [6.45, 7) is 9.02. The Labute approximate surface area is 159 Å². The Morgan fingerprint density at radius 2 is 1.92 bits per heavy atom. The van der Waals surface area contributed by atoms with Crippen LogP contribution in [0.3, 0.4) is 0 Å². The van der Waals surface area contributed by atoms with Gasteiger partial charge in [0.25, 0.3) is 5.91 Å². The van der Waals surface area contributed by atoms with Crippen molar-refractivity contribution in [1.82, 2.24) is 15.2 Å². The molecule has 1 aromatic heterocycles. The van der Waals surface area contributed by atoms with Crippen LogP contribution >= 0.6 is 11.6 Å². The number of rotatable bonds is 2. The molecular formula is C19H26ClN3O3. The molecule has 0 unspecified atom stereocenters. The number of carbonyl (C=O) groups excluding carboxylic acids is 2. The van der Waals surface area contributed by atoms with Crippen LogP contribution in [0, 0.1) is 11.8 Å². The third kappa shape index (κ3) is 4.11. The fourth-order valence-corrected chi connectivity index (χ4v) is 4.31. The van der Waals surface area contributed by atoms with Gasteiger partial charge < -0.3 is 15.0 Å². The van der Waals surface area contributed by atoms with Crippen LogP contribution < -0.4 is 5.32 Å². The summed E-state index contributed by atoms with van der Waals surface area (Å²) in [5.74, 6) is 0.487. The molecule has 7 heteroatoms. The minimum Gasteiger partial charge on any atom is -0.444 e. The highest BCUT2D eigenvalue weighted by atomic mass is 35.5. The maximum Gasteiger partial charge on any atom is 0.410 e. The highest BCUT2D eigenvalue weighted by Gasteiger charge is 2.49. The fourth-order valence-electron chi connectivity index (χ4n) is 4.11. The van der Waals surface area contributed by atoms with Gasteiger partial charge in [0.05, 0.1) is 5.02 Å². The zero-order chi connectivity index (χ0) is 19.1. The Morgan fingerprint density at radius 1 is 1.31 bits per heavy atom. The summed E-state index contributed by atoms with van der Waals surface area (Å²) in [5.41, 5.74) is -0.546. The molecule has 1 aliphatic heterocycles. The van der Waals surface area contributed by atoms with Crippen molar-refractivity contribution in [2.45, 2.75) is 51.7 Å². The summed E-state index contributed by atoms with van der Waals surface area (Å²) < 4.78 is 5.47. The van der Waals surface area contributed by atoms with Crippen LogP contribution in [-0.2, 0) is 4.74 Å². The summed E-state index contributed by atoms with van der Waals surface area (Å²) in [6.07, 6.45) is 2.96. The van der Waals surface area contributed by atoms with E-state index in [1.807, 2.05) is 20.8 Å². The number of halogens is 1. The molecule has 6 nitrogen and oxygen atoms in total. The smallest absolute Gasteiger partial charge is 0.410 e. The van der Waals surface area contributed by atoms with E-state index in [0.29, 0.717) is 29.9 Å². The molecule has 1 N–H and O–H groups in total. The van der Waals surface area contributed by atoms with Gasteiger partial charge in [0.1, 0.15) is 11.3 Å². The van der Waals surface area contributed by atoms with Gasteiger partial charge >= 0.3 is 6.09 Å². The van der Waals surface area contributed by atoms with Crippen molar-refractivity contribution in [2.24, 2.45) is 11.8 Å². The third-order valence-electron chi connectivity index (χ3n) is 5.04. The van der Waals surface area contributed by atoms with E-state index in [0.717, 1.165) is 12.8 Å². The standard InChI is InChI=1S/C19H26ClN3O3/c1-18(2,3)26-17(25)23-10-12-8-19(4,9-13(12)11-23)22-16(24)15-14(20)6-5-7-21-15/h5-7,12-13H,8-11H2,1-4H3,(H,22,24)/t12-,13+,19+. The first-order valence-electron chi connectivity index (χ1n) is 8.97. The molecule has 142 valence electrons. The average Bonchev–Trinajstić information content (AvgIpc) is 3.00. The Kier molecular flexibility index (Phi) is 4.90. The fraction of sp³-hybridized carbons (Fsp3) is 0.632. The Hall–Kier alpha value is -1.82. The summed E-state index contributed by atoms with van der Waals surface area (Å²) >= 11 is 6.07. The number of carbonyl (C=O) groups is 2. The summed E-state index contributed by atoms with van der Waals surface area (Å²) in [7, 11) is 0. The minimum absolute atomic E-state index is 0.248. The number of fused-ring (bicyclic) bond motifs is 1. The van der Waals surface area contributed by atoms with Crippen molar-refractivity contribution >= 4 is 23.6 Å². The molecule has 1 saturated heterocycles. The number of nitrogens with zero attached hydrogens (tertiary/aromatic N) is 2.